The summed E-state index contributed by atoms with van der Waals surface area (Å²) in [6.07, 6.45) is 0.655. The topological polar surface area (TPSA) is 77.6 Å². The van der Waals surface area contributed by atoms with Crippen LogP contribution in [0.25, 0.3) is 15.7 Å². The maximum Gasteiger partial charge on any atom is 0.291 e. The van der Waals surface area contributed by atoms with Gasteiger partial charge < -0.3 is 10.1 Å². The Morgan fingerprint density at radius 3 is 2.72 bits per heavy atom. The fraction of sp³-hybridized carbons (Fsp3) is 0.286. The second-order valence-corrected chi connectivity index (χ2v) is 7.74. The number of ether oxygens (including phenoxy) is 1. The standard InChI is InChI=1S/C21H22N4O3S/c1-4-18-23-24(20(27)17-11-15-9-10-29-21(15)25(17)18)12-19(26)22-13(2)14-5-7-16(28-3)8-6-14/h5-11,13H,4,12H2,1-3H3,(H,22,26)/t13-/m1/s1. The number of thiophene rings is 1. The van der Waals surface area contributed by atoms with Crippen LogP contribution in [0.4, 0.5) is 0 Å². The number of carbonyl (C=O) groups is 1. The number of fused-ring (bicyclic) bond motifs is 3. The lowest BCUT2D eigenvalue weighted by molar-refractivity contribution is -0.122. The molecule has 1 N–H and O–H groups in total. The fourth-order valence-corrected chi connectivity index (χ4v) is 4.35. The molecule has 0 aliphatic rings. The molecular formula is C21H22N4O3S. The summed E-state index contributed by atoms with van der Waals surface area (Å²) in [6.45, 7) is 3.77. The molecule has 0 unspecified atom stereocenters. The number of rotatable bonds is 6. The van der Waals surface area contributed by atoms with Gasteiger partial charge >= 0.3 is 0 Å². The van der Waals surface area contributed by atoms with E-state index in [1.807, 2.05) is 60.0 Å². The van der Waals surface area contributed by atoms with E-state index in [4.69, 9.17) is 4.74 Å². The number of nitrogens with one attached hydrogen (secondary N) is 1. The Morgan fingerprint density at radius 2 is 2.03 bits per heavy atom. The smallest absolute Gasteiger partial charge is 0.291 e. The Balaban J connectivity index is 1.59. The van der Waals surface area contributed by atoms with Crippen molar-refractivity contribution in [1.29, 1.82) is 0 Å². The van der Waals surface area contributed by atoms with Crippen molar-refractivity contribution in [2.45, 2.75) is 32.9 Å². The molecule has 1 atom stereocenters. The Kier molecular flexibility index (Phi) is 5.10. The van der Waals surface area contributed by atoms with Crippen LogP contribution in [0.1, 0.15) is 31.3 Å². The summed E-state index contributed by atoms with van der Waals surface area (Å²) >= 11 is 1.58. The van der Waals surface area contributed by atoms with Crippen LogP contribution in [0.2, 0.25) is 0 Å². The summed E-state index contributed by atoms with van der Waals surface area (Å²) in [4.78, 5) is 26.5. The van der Waals surface area contributed by atoms with Gasteiger partial charge in [-0.25, -0.2) is 4.68 Å². The number of aryl methyl sites for hydroxylation is 1. The van der Waals surface area contributed by atoms with E-state index in [0.717, 1.165) is 27.4 Å². The van der Waals surface area contributed by atoms with Crippen LogP contribution >= 0.6 is 11.3 Å². The molecule has 7 nitrogen and oxygen atoms in total. The maximum absolute atomic E-state index is 12.9. The van der Waals surface area contributed by atoms with E-state index in [2.05, 4.69) is 10.4 Å². The molecule has 3 heterocycles. The molecule has 3 aromatic heterocycles. The predicted octanol–water partition coefficient (Wildman–Crippen LogP) is 3.16. The van der Waals surface area contributed by atoms with Crippen molar-refractivity contribution in [2.75, 3.05) is 7.11 Å². The highest BCUT2D eigenvalue weighted by molar-refractivity contribution is 7.16. The first-order valence-electron chi connectivity index (χ1n) is 9.43. The highest BCUT2D eigenvalue weighted by Crippen LogP contribution is 2.24. The minimum absolute atomic E-state index is 0.123. The van der Waals surface area contributed by atoms with Crippen molar-refractivity contribution in [2.24, 2.45) is 0 Å². The van der Waals surface area contributed by atoms with Gasteiger partial charge in [-0.2, -0.15) is 5.10 Å². The average Bonchev–Trinajstić information content (AvgIpc) is 3.32. The van der Waals surface area contributed by atoms with Gasteiger partial charge in [0.2, 0.25) is 5.91 Å². The zero-order chi connectivity index (χ0) is 20.5. The Labute approximate surface area is 171 Å². The summed E-state index contributed by atoms with van der Waals surface area (Å²) < 4.78 is 8.32. The minimum Gasteiger partial charge on any atom is -0.497 e. The molecule has 0 radical (unpaired) electrons. The largest absolute Gasteiger partial charge is 0.497 e. The third-order valence-electron chi connectivity index (χ3n) is 4.96. The van der Waals surface area contributed by atoms with Gasteiger partial charge in [0.25, 0.3) is 5.56 Å². The first kappa shape index (κ1) is 19.2. The molecule has 0 aliphatic heterocycles. The van der Waals surface area contributed by atoms with Crippen LogP contribution in [-0.2, 0) is 17.8 Å². The van der Waals surface area contributed by atoms with Gasteiger partial charge in [-0.05, 0) is 42.1 Å². The molecule has 4 rings (SSSR count). The lowest BCUT2D eigenvalue weighted by atomic mass is 10.1. The first-order chi connectivity index (χ1) is 14.0. The van der Waals surface area contributed by atoms with Crippen LogP contribution in [0.15, 0.2) is 46.6 Å². The highest BCUT2D eigenvalue weighted by atomic mass is 32.1. The number of aromatic nitrogens is 3. The molecule has 0 fully saturated rings. The quantitative estimate of drug-likeness (QED) is 0.530. The highest BCUT2D eigenvalue weighted by Gasteiger charge is 2.17. The molecule has 1 amide bonds. The summed E-state index contributed by atoms with van der Waals surface area (Å²) in [5, 5.41) is 10.4. The average molecular weight is 410 g/mol. The van der Waals surface area contributed by atoms with E-state index in [0.29, 0.717) is 11.9 Å². The number of nitrogens with zero attached hydrogens (tertiary/aromatic N) is 3. The SMILES string of the molecule is CCc1nn(CC(=O)N[C@H](C)c2ccc(OC)cc2)c(=O)c2cc3ccsc3n12. The minimum atomic E-state index is -0.266. The first-order valence-corrected chi connectivity index (χ1v) is 10.3. The van der Waals surface area contributed by atoms with E-state index in [1.165, 1.54) is 4.68 Å². The molecule has 150 valence electrons. The molecular weight excluding hydrogens is 388 g/mol. The van der Waals surface area contributed by atoms with Crippen molar-refractivity contribution >= 4 is 33.0 Å². The van der Waals surface area contributed by atoms with Crippen molar-refractivity contribution in [3.8, 4) is 5.75 Å². The van der Waals surface area contributed by atoms with E-state index in [1.54, 1.807) is 18.4 Å². The van der Waals surface area contributed by atoms with E-state index < -0.39 is 0 Å². The van der Waals surface area contributed by atoms with Crippen LogP contribution in [0, 0.1) is 0 Å². The van der Waals surface area contributed by atoms with Crippen molar-refractivity contribution in [3.05, 3.63) is 63.5 Å². The molecule has 1 aromatic carbocycles. The second kappa shape index (κ2) is 7.71. The molecule has 4 aromatic rings. The van der Waals surface area contributed by atoms with Gasteiger partial charge in [0.15, 0.2) is 0 Å². The Morgan fingerprint density at radius 1 is 1.28 bits per heavy atom. The number of benzene rings is 1. The third kappa shape index (κ3) is 3.51. The van der Waals surface area contributed by atoms with Gasteiger partial charge in [0.1, 0.15) is 28.5 Å². The molecule has 8 heteroatoms. The number of amides is 1. The van der Waals surface area contributed by atoms with Gasteiger partial charge in [-0.15, -0.1) is 11.3 Å². The van der Waals surface area contributed by atoms with Gasteiger partial charge in [0.05, 0.1) is 13.2 Å². The van der Waals surface area contributed by atoms with Crippen molar-refractivity contribution in [1.82, 2.24) is 19.5 Å². The van der Waals surface area contributed by atoms with Crippen molar-refractivity contribution < 1.29 is 9.53 Å². The molecule has 0 bridgehead atoms. The van der Waals surface area contributed by atoms with Crippen LogP contribution < -0.4 is 15.6 Å². The number of hydrogen-bond acceptors (Lipinski definition) is 5. The second-order valence-electron chi connectivity index (χ2n) is 6.84. The maximum atomic E-state index is 12.9. The monoisotopic (exact) mass is 410 g/mol. The van der Waals surface area contributed by atoms with E-state index >= 15 is 0 Å². The summed E-state index contributed by atoms with van der Waals surface area (Å²) in [5.74, 6) is 1.26. The summed E-state index contributed by atoms with van der Waals surface area (Å²) in [6, 6.07) is 11.2. The van der Waals surface area contributed by atoms with Crippen LogP contribution in [-0.4, -0.2) is 27.2 Å². The lowest BCUT2D eigenvalue weighted by Crippen LogP contribution is -2.36. The number of carbonyl (C=O) groups excluding carboxylic acids is 1. The van der Waals surface area contributed by atoms with Crippen molar-refractivity contribution in [3.63, 3.8) is 0 Å². The van der Waals surface area contributed by atoms with E-state index in [-0.39, 0.29) is 24.1 Å². The number of methoxy groups -OCH3 is 1. The van der Waals surface area contributed by atoms with Gasteiger partial charge in [-0.1, -0.05) is 19.1 Å². The summed E-state index contributed by atoms with van der Waals surface area (Å²) in [7, 11) is 1.61. The van der Waals surface area contributed by atoms with E-state index in [9.17, 15) is 9.59 Å². The van der Waals surface area contributed by atoms with Gasteiger partial charge in [-0.3, -0.25) is 14.0 Å². The van der Waals surface area contributed by atoms with Crippen LogP contribution in [0.3, 0.4) is 0 Å². The Hall–Kier alpha value is -3.13. The summed E-state index contributed by atoms with van der Waals surface area (Å²) in [5.41, 5.74) is 1.24. The molecule has 29 heavy (non-hydrogen) atoms. The van der Waals surface area contributed by atoms with Crippen LogP contribution in [0.5, 0.6) is 5.75 Å². The molecule has 0 saturated heterocycles. The fourth-order valence-electron chi connectivity index (χ4n) is 3.43. The zero-order valence-corrected chi connectivity index (χ0v) is 17.3. The normalized spacial score (nSPS) is 12.4. The zero-order valence-electron chi connectivity index (χ0n) is 16.5. The van der Waals surface area contributed by atoms with Gasteiger partial charge in [0, 0.05) is 11.8 Å². The molecule has 0 spiro atoms. The molecule has 0 aliphatic carbocycles. The molecule has 0 saturated carbocycles. The lowest BCUT2D eigenvalue weighted by Gasteiger charge is -2.15. The third-order valence-corrected chi connectivity index (χ3v) is 5.87. The Bertz CT molecular complexity index is 1240. The number of hydrogen-bond donors (Lipinski definition) is 1. The predicted molar refractivity (Wildman–Crippen MR) is 114 cm³/mol.